The Morgan fingerprint density at radius 2 is 0.812 bits per heavy atom. The normalized spacial score (nSPS) is 11.0. The molecule has 4 heteroatoms. The summed E-state index contributed by atoms with van der Waals surface area (Å²) in [6.07, 6.45) is 9.16. The van der Waals surface area contributed by atoms with Crippen molar-refractivity contribution in [2.75, 3.05) is 0 Å². The van der Waals surface area contributed by atoms with Crippen LogP contribution in [0.3, 0.4) is 0 Å². The van der Waals surface area contributed by atoms with Crippen LogP contribution in [-0.2, 0) is 12.8 Å². The van der Waals surface area contributed by atoms with E-state index in [1.165, 1.54) is 54.4 Å². The molecule has 234 valence electrons. The number of nitrogens with zero attached hydrogens (tertiary/aromatic N) is 4. The summed E-state index contributed by atoms with van der Waals surface area (Å²) >= 11 is 0. The first-order valence-electron chi connectivity index (χ1n) is 16.9. The average molecular weight is 623 g/mol. The second kappa shape index (κ2) is 15.2. The maximum absolute atomic E-state index is 4.87. The van der Waals surface area contributed by atoms with Crippen molar-refractivity contribution < 1.29 is 0 Å². The van der Waals surface area contributed by atoms with Gasteiger partial charge in [-0.15, -0.1) is 0 Å². The summed E-state index contributed by atoms with van der Waals surface area (Å²) in [7, 11) is 0. The number of unbranched alkanes of at least 4 members (excludes halogenated alkanes) is 3. The molecule has 0 spiro atoms. The zero-order valence-corrected chi connectivity index (χ0v) is 27.0. The number of benzene rings is 5. The van der Waals surface area contributed by atoms with E-state index in [1.54, 1.807) is 0 Å². The summed E-state index contributed by atoms with van der Waals surface area (Å²) < 4.78 is 0. The Bertz CT molecular complexity index is 2000. The van der Waals surface area contributed by atoms with Gasteiger partial charge in [0.25, 0.3) is 0 Å². The lowest BCUT2D eigenvalue weighted by Gasteiger charge is -2.10. The van der Waals surface area contributed by atoms with Crippen LogP contribution in [0.4, 0.5) is 0 Å². The van der Waals surface area contributed by atoms with Gasteiger partial charge in [-0.3, -0.25) is 4.98 Å². The SMILES string of the molecule is c1ccc(CCCCCCc2cccc(-c3cccc(-c4ccc(-c5nc(-c6ccccc6)nc(-c6ccccc6)n5)cn4)c3)c2)cc1. The van der Waals surface area contributed by atoms with E-state index in [9.17, 15) is 0 Å². The van der Waals surface area contributed by atoms with E-state index < -0.39 is 0 Å². The minimum absolute atomic E-state index is 0.600. The number of rotatable bonds is 12. The predicted molar refractivity (Wildman–Crippen MR) is 197 cm³/mol. The van der Waals surface area contributed by atoms with Gasteiger partial charge in [-0.05, 0) is 66.1 Å². The molecule has 0 fully saturated rings. The zero-order valence-electron chi connectivity index (χ0n) is 27.0. The fraction of sp³-hybridized carbons (Fsp3) is 0.136. The second-order valence-electron chi connectivity index (χ2n) is 12.2. The van der Waals surface area contributed by atoms with Crippen molar-refractivity contribution in [3.63, 3.8) is 0 Å². The molecule has 2 aromatic heterocycles. The molecule has 0 aliphatic rings. The van der Waals surface area contributed by atoms with E-state index in [1.807, 2.05) is 72.9 Å². The van der Waals surface area contributed by atoms with Gasteiger partial charge in [0.15, 0.2) is 17.5 Å². The molecule has 0 saturated heterocycles. The van der Waals surface area contributed by atoms with Gasteiger partial charge in [0.1, 0.15) is 0 Å². The fourth-order valence-electron chi connectivity index (χ4n) is 6.06. The summed E-state index contributed by atoms with van der Waals surface area (Å²) in [5, 5.41) is 0. The summed E-state index contributed by atoms with van der Waals surface area (Å²) in [6, 6.07) is 52.6. The molecule has 7 aromatic rings. The van der Waals surface area contributed by atoms with Crippen LogP contribution >= 0.6 is 0 Å². The lowest BCUT2D eigenvalue weighted by Crippen LogP contribution is -2.00. The third-order valence-corrected chi connectivity index (χ3v) is 8.66. The zero-order chi connectivity index (χ0) is 32.4. The third-order valence-electron chi connectivity index (χ3n) is 8.66. The molecule has 0 saturated carbocycles. The van der Waals surface area contributed by atoms with Gasteiger partial charge in [0, 0.05) is 28.5 Å². The molecule has 0 atom stereocenters. The number of hydrogen-bond acceptors (Lipinski definition) is 4. The largest absolute Gasteiger partial charge is 0.255 e. The molecule has 2 heterocycles. The van der Waals surface area contributed by atoms with Crippen molar-refractivity contribution in [1.29, 1.82) is 0 Å². The molecule has 0 unspecified atom stereocenters. The average Bonchev–Trinajstić information content (AvgIpc) is 3.17. The van der Waals surface area contributed by atoms with Crippen molar-refractivity contribution >= 4 is 0 Å². The van der Waals surface area contributed by atoms with Crippen molar-refractivity contribution in [3.8, 4) is 56.5 Å². The number of aryl methyl sites for hydroxylation is 2. The van der Waals surface area contributed by atoms with E-state index in [0.717, 1.165) is 34.4 Å². The van der Waals surface area contributed by atoms with Crippen LogP contribution in [0.2, 0.25) is 0 Å². The number of pyridine rings is 1. The van der Waals surface area contributed by atoms with Crippen LogP contribution < -0.4 is 0 Å². The quantitative estimate of drug-likeness (QED) is 0.127. The summed E-state index contributed by atoms with van der Waals surface area (Å²) in [6.45, 7) is 0. The Morgan fingerprint density at radius 1 is 0.333 bits per heavy atom. The van der Waals surface area contributed by atoms with Crippen molar-refractivity contribution in [2.45, 2.75) is 38.5 Å². The van der Waals surface area contributed by atoms with Crippen molar-refractivity contribution in [3.05, 3.63) is 169 Å². The lowest BCUT2D eigenvalue weighted by molar-refractivity contribution is 0.640. The highest BCUT2D eigenvalue weighted by Crippen LogP contribution is 2.29. The van der Waals surface area contributed by atoms with E-state index >= 15 is 0 Å². The summed E-state index contributed by atoms with van der Waals surface area (Å²) in [4.78, 5) is 19.4. The monoisotopic (exact) mass is 622 g/mol. The van der Waals surface area contributed by atoms with E-state index in [4.69, 9.17) is 19.9 Å². The second-order valence-corrected chi connectivity index (χ2v) is 12.2. The molecule has 5 aromatic carbocycles. The first kappa shape index (κ1) is 30.9. The molecule has 0 aliphatic heterocycles. The maximum Gasteiger partial charge on any atom is 0.165 e. The Labute approximate surface area is 283 Å². The van der Waals surface area contributed by atoms with Crippen LogP contribution in [0.25, 0.3) is 56.5 Å². The summed E-state index contributed by atoms with van der Waals surface area (Å²) in [5.74, 6) is 1.88. The lowest BCUT2D eigenvalue weighted by atomic mass is 9.97. The minimum atomic E-state index is 0.600. The fourth-order valence-corrected chi connectivity index (χ4v) is 6.06. The van der Waals surface area contributed by atoms with Crippen LogP contribution in [0.1, 0.15) is 36.8 Å². The Morgan fingerprint density at radius 3 is 1.42 bits per heavy atom. The standard InChI is InChI=1S/C44H38N4/c1(6-16-33-17-8-3-9-18-33)2-7-19-34-20-14-25-37(30-34)38-26-15-27-39(31-38)41-29-28-40(32-45-41)44-47-42(35-21-10-4-11-22-35)46-43(48-44)36-23-12-5-13-24-36/h3-5,8-15,17-18,20-32H,1-2,6-7,16,19H2. The topological polar surface area (TPSA) is 51.6 Å². The van der Waals surface area contributed by atoms with Crippen LogP contribution in [0.5, 0.6) is 0 Å². The van der Waals surface area contributed by atoms with E-state index in [0.29, 0.717) is 17.5 Å². The van der Waals surface area contributed by atoms with E-state index in [2.05, 4.69) is 84.9 Å². The van der Waals surface area contributed by atoms with Crippen LogP contribution in [0, 0.1) is 0 Å². The first-order chi connectivity index (χ1) is 23.8. The van der Waals surface area contributed by atoms with Crippen LogP contribution in [-0.4, -0.2) is 19.9 Å². The van der Waals surface area contributed by atoms with Crippen molar-refractivity contribution in [2.24, 2.45) is 0 Å². The Balaban J connectivity index is 1.05. The van der Waals surface area contributed by atoms with Gasteiger partial charge in [-0.1, -0.05) is 146 Å². The Hall–Kier alpha value is -5.74. The van der Waals surface area contributed by atoms with E-state index in [-0.39, 0.29) is 0 Å². The van der Waals surface area contributed by atoms with Gasteiger partial charge in [-0.2, -0.15) is 0 Å². The molecule has 0 aliphatic carbocycles. The molecule has 4 nitrogen and oxygen atoms in total. The predicted octanol–water partition coefficient (Wildman–Crippen LogP) is 10.9. The maximum atomic E-state index is 4.87. The molecular weight excluding hydrogens is 585 g/mol. The highest BCUT2D eigenvalue weighted by atomic mass is 15.0. The van der Waals surface area contributed by atoms with Gasteiger partial charge in [0.2, 0.25) is 0 Å². The van der Waals surface area contributed by atoms with Gasteiger partial charge < -0.3 is 0 Å². The molecular formula is C44H38N4. The minimum Gasteiger partial charge on any atom is -0.255 e. The molecule has 0 radical (unpaired) electrons. The molecule has 0 N–H and O–H groups in total. The molecule has 0 bridgehead atoms. The molecule has 0 amide bonds. The number of aromatic nitrogens is 4. The third kappa shape index (κ3) is 7.79. The van der Waals surface area contributed by atoms with Gasteiger partial charge in [0.05, 0.1) is 5.69 Å². The summed E-state index contributed by atoms with van der Waals surface area (Å²) in [5.41, 5.74) is 10.00. The van der Waals surface area contributed by atoms with Gasteiger partial charge >= 0.3 is 0 Å². The first-order valence-corrected chi connectivity index (χ1v) is 16.9. The Kier molecular flexibility index (Phi) is 9.80. The molecule has 7 rings (SSSR count). The highest BCUT2D eigenvalue weighted by molar-refractivity contribution is 5.73. The highest BCUT2D eigenvalue weighted by Gasteiger charge is 2.13. The van der Waals surface area contributed by atoms with Gasteiger partial charge in [-0.25, -0.2) is 15.0 Å². The van der Waals surface area contributed by atoms with Crippen LogP contribution in [0.15, 0.2) is 158 Å². The number of hydrogen-bond donors (Lipinski definition) is 0. The van der Waals surface area contributed by atoms with Crippen molar-refractivity contribution in [1.82, 2.24) is 19.9 Å². The smallest absolute Gasteiger partial charge is 0.165 e. The molecule has 48 heavy (non-hydrogen) atoms.